The monoisotopic (exact) mass is 374 g/mol. The molecule has 0 fully saturated rings. The topological polar surface area (TPSA) is 42.0 Å². The zero-order chi connectivity index (χ0) is 17.8. The highest BCUT2D eigenvalue weighted by atomic mass is 35.5. The SMILES string of the molecule is Cc1nc(-c2ccc(F)cc2)c(CC(=O)NCc2ccc(Cl)cc2)s1. The maximum atomic E-state index is 13.1. The van der Waals surface area contributed by atoms with E-state index < -0.39 is 0 Å². The molecule has 3 aromatic rings. The molecule has 0 bridgehead atoms. The van der Waals surface area contributed by atoms with Gasteiger partial charge in [0.2, 0.25) is 5.91 Å². The molecule has 1 aromatic heterocycles. The summed E-state index contributed by atoms with van der Waals surface area (Å²) in [7, 11) is 0. The second-order valence-corrected chi connectivity index (χ2v) is 7.32. The van der Waals surface area contributed by atoms with Crippen molar-refractivity contribution in [2.45, 2.75) is 19.9 Å². The van der Waals surface area contributed by atoms with Crippen molar-refractivity contribution in [1.82, 2.24) is 10.3 Å². The van der Waals surface area contributed by atoms with Gasteiger partial charge in [-0.3, -0.25) is 4.79 Å². The number of benzene rings is 2. The van der Waals surface area contributed by atoms with Crippen molar-refractivity contribution < 1.29 is 9.18 Å². The molecule has 3 nitrogen and oxygen atoms in total. The second kappa shape index (κ2) is 7.76. The van der Waals surface area contributed by atoms with E-state index in [2.05, 4.69) is 10.3 Å². The molecule has 2 aromatic carbocycles. The Morgan fingerprint density at radius 2 is 1.84 bits per heavy atom. The Kier molecular flexibility index (Phi) is 5.46. The Morgan fingerprint density at radius 1 is 1.16 bits per heavy atom. The van der Waals surface area contributed by atoms with Gasteiger partial charge in [0.1, 0.15) is 5.82 Å². The van der Waals surface area contributed by atoms with Crippen LogP contribution in [0.15, 0.2) is 48.5 Å². The second-order valence-electron chi connectivity index (χ2n) is 5.59. The minimum absolute atomic E-state index is 0.0815. The third kappa shape index (κ3) is 4.65. The Balaban J connectivity index is 1.69. The van der Waals surface area contributed by atoms with Gasteiger partial charge in [-0.25, -0.2) is 9.37 Å². The molecule has 128 valence electrons. The lowest BCUT2D eigenvalue weighted by molar-refractivity contribution is -0.120. The number of nitrogens with one attached hydrogen (secondary N) is 1. The van der Waals surface area contributed by atoms with Gasteiger partial charge < -0.3 is 5.32 Å². The summed E-state index contributed by atoms with van der Waals surface area (Å²) in [4.78, 5) is 17.6. The smallest absolute Gasteiger partial charge is 0.225 e. The molecule has 0 unspecified atom stereocenters. The predicted octanol–water partition coefficient (Wildman–Crippen LogP) is 4.77. The number of carbonyl (C=O) groups is 1. The van der Waals surface area contributed by atoms with Crippen LogP contribution >= 0.6 is 22.9 Å². The average molecular weight is 375 g/mol. The molecule has 0 aliphatic rings. The number of nitrogens with zero attached hydrogens (tertiary/aromatic N) is 1. The van der Waals surface area contributed by atoms with Gasteiger partial charge in [-0.1, -0.05) is 23.7 Å². The lowest BCUT2D eigenvalue weighted by atomic mass is 10.1. The highest BCUT2D eigenvalue weighted by molar-refractivity contribution is 7.12. The van der Waals surface area contributed by atoms with Crippen LogP contribution in [0.5, 0.6) is 0 Å². The van der Waals surface area contributed by atoms with Crippen LogP contribution in [0.3, 0.4) is 0 Å². The first-order valence-electron chi connectivity index (χ1n) is 7.74. The first kappa shape index (κ1) is 17.6. The third-order valence-corrected chi connectivity index (χ3v) is 4.87. The largest absolute Gasteiger partial charge is 0.352 e. The summed E-state index contributed by atoms with van der Waals surface area (Å²) in [5, 5.41) is 4.44. The van der Waals surface area contributed by atoms with E-state index in [9.17, 15) is 9.18 Å². The Hall–Kier alpha value is -2.24. The number of hydrogen-bond donors (Lipinski definition) is 1. The van der Waals surface area contributed by atoms with Crippen LogP contribution in [0.4, 0.5) is 4.39 Å². The lowest BCUT2D eigenvalue weighted by Crippen LogP contribution is -2.24. The molecule has 1 amide bonds. The van der Waals surface area contributed by atoms with Gasteiger partial charge in [0.25, 0.3) is 0 Å². The lowest BCUT2D eigenvalue weighted by Gasteiger charge is -2.06. The third-order valence-electron chi connectivity index (χ3n) is 3.65. The van der Waals surface area contributed by atoms with Gasteiger partial charge in [-0.05, 0) is 48.9 Å². The van der Waals surface area contributed by atoms with Gasteiger partial charge in [0, 0.05) is 22.0 Å². The maximum absolute atomic E-state index is 13.1. The van der Waals surface area contributed by atoms with E-state index in [-0.39, 0.29) is 18.1 Å². The van der Waals surface area contributed by atoms with Crippen LogP contribution in [0.25, 0.3) is 11.3 Å². The number of halogens is 2. The van der Waals surface area contributed by atoms with Crippen molar-refractivity contribution in [1.29, 1.82) is 0 Å². The summed E-state index contributed by atoms with van der Waals surface area (Å²) in [6.07, 6.45) is 0.242. The highest BCUT2D eigenvalue weighted by Gasteiger charge is 2.15. The molecule has 0 saturated heterocycles. The van der Waals surface area contributed by atoms with E-state index in [1.807, 2.05) is 19.1 Å². The molecular weight excluding hydrogens is 359 g/mol. The van der Waals surface area contributed by atoms with E-state index in [4.69, 9.17) is 11.6 Å². The minimum atomic E-state index is -0.294. The zero-order valence-corrected chi connectivity index (χ0v) is 15.1. The van der Waals surface area contributed by atoms with Crippen LogP contribution in [0, 0.1) is 12.7 Å². The Morgan fingerprint density at radius 3 is 2.52 bits per heavy atom. The number of amides is 1. The van der Waals surface area contributed by atoms with Crippen LogP contribution in [-0.4, -0.2) is 10.9 Å². The number of rotatable bonds is 5. The first-order valence-corrected chi connectivity index (χ1v) is 8.94. The number of hydrogen-bond acceptors (Lipinski definition) is 3. The van der Waals surface area contributed by atoms with Gasteiger partial charge >= 0.3 is 0 Å². The number of carbonyl (C=O) groups excluding carboxylic acids is 1. The average Bonchev–Trinajstić information content (AvgIpc) is 2.95. The van der Waals surface area contributed by atoms with Crippen LogP contribution in [-0.2, 0) is 17.8 Å². The van der Waals surface area contributed by atoms with Gasteiger partial charge in [-0.15, -0.1) is 11.3 Å². The highest BCUT2D eigenvalue weighted by Crippen LogP contribution is 2.28. The minimum Gasteiger partial charge on any atom is -0.352 e. The normalized spacial score (nSPS) is 10.7. The molecule has 0 spiro atoms. The fraction of sp³-hybridized carbons (Fsp3) is 0.158. The first-order chi connectivity index (χ1) is 12.0. The molecule has 0 saturated carbocycles. The Bertz CT molecular complexity index is 875. The molecule has 0 atom stereocenters. The zero-order valence-electron chi connectivity index (χ0n) is 13.6. The number of aryl methyl sites for hydroxylation is 1. The fourth-order valence-electron chi connectivity index (χ4n) is 2.43. The van der Waals surface area contributed by atoms with E-state index in [0.29, 0.717) is 11.6 Å². The maximum Gasteiger partial charge on any atom is 0.225 e. The summed E-state index contributed by atoms with van der Waals surface area (Å²) >= 11 is 7.34. The summed E-state index contributed by atoms with van der Waals surface area (Å²) in [5.74, 6) is -0.375. The standard InChI is InChI=1S/C19H16ClFN2OS/c1-12-23-19(14-4-8-16(21)9-5-14)17(25-12)10-18(24)22-11-13-2-6-15(20)7-3-13/h2-9H,10-11H2,1H3,(H,22,24). The van der Waals surface area contributed by atoms with Crippen LogP contribution in [0.2, 0.25) is 5.02 Å². The van der Waals surface area contributed by atoms with Crippen molar-refractivity contribution in [3.05, 3.63) is 74.8 Å². The van der Waals surface area contributed by atoms with Crippen molar-refractivity contribution in [3.63, 3.8) is 0 Å². The van der Waals surface area contributed by atoms with E-state index >= 15 is 0 Å². The van der Waals surface area contributed by atoms with Gasteiger partial charge in [0.15, 0.2) is 0 Å². The molecule has 1 N–H and O–H groups in total. The number of thiazole rings is 1. The Labute approximate surface area is 154 Å². The molecule has 25 heavy (non-hydrogen) atoms. The van der Waals surface area contributed by atoms with Crippen LogP contribution in [0.1, 0.15) is 15.4 Å². The number of aromatic nitrogens is 1. The molecule has 1 heterocycles. The summed E-state index contributed by atoms with van der Waals surface area (Å²) in [5.41, 5.74) is 2.53. The van der Waals surface area contributed by atoms with Crippen molar-refractivity contribution in [2.75, 3.05) is 0 Å². The molecular formula is C19H16ClFN2OS. The van der Waals surface area contributed by atoms with E-state index in [0.717, 1.165) is 26.7 Å². The van der Waals surface area contributed by atoms with Crippen molar-refractivity contribution in [3.8, 4) is 11.3 Å². The molecule has 3 rings (SSSR count). The van der Waals surface area contributed by atoms with E-state index in [1.165, 1.54) is 23.5 Å². The summed E-state index contributed by atoms with van der Waals surface area (Å²) in [6, 6.07) is 13.5. The predicted molar refractivity (Wildman–Crippen MR) is 99.2 cm³/mol. The molecule has 0 aliphatic carbocycles. The molecule has 0 radical (unpaired) electrons. The summed E-state index contributed by atoms with van der Waals surface area (Å²) < 4.78 is 13.1. The quantitative estimate of drug-likeness (QED) is 0.699. The molecule has 6 heteroatoms. The van der Waals surface area contributed by atoms with E-state index in [1.54, 1.807) is 24.3 Å². The van der Waals surface area contributed by atoms with Gasteiger partial charge in [-0.2, -0.15) is 0 Å². The summed E-state index contributed by atoms with van der Waals surface area (Å²) in [6.45, 7) is 2.34. The molecule has 0 aliphatic heterocycles. The van der Waals surface area contributed by atoms with Crippen molar-refractivity contribution >= 4 is 28.8 Å². The van der Waals surface area contributed by atoms with Gasteiger partial charge in [0.05, 0.1) is 17.1 Å². The van der Waals surface area contributed by atoms with Crippen LogP contribution < -0.4 is 5.32 Å². The van der Waals surface area contributed by atoms with Crippen molar-refractivity contribution in [2.24, 2.45) is 0 Å². The fourth-order valence-corrected chi connectivity index (χ4v) is 3.52.